The topological polar surface area (TPSA) is 49.4 Å². The van der Waals surface area contributed by atoms with E-state index in [1.54, 1.807) is 4.90 Å². The van der Waals surface area contributed by atoms with Crippen molar-refractivity contribution in [1.29, 1.82) is 0 Å². The van der Waals surface area contributed by atoms with Crippen molar-refractivity contribution in [2.24, 2.45) is 0 Å². The van der Waals surface area contributed by atoms with Crippen LogP contribution in [-0.4, -0.2) is 35.8 Å². The summed E-state index contributed by atoms with van der Waals surface area (Å²) in [4.78, 5) is 25.4. The lowest BCUT2D eigenvalue weighted by molar-refractivity contribution is -0.135. The van der Waals surface area contributed by atoms with Gasteiger partial charge in [0, 0.05) is 20.4 Å². The molecule has 1 fully saturated rings. The lowest BCUT2D eigenvalue weighted by atomic mass is 10.1. The Hall–Kier alpha value is -1.06. The second-order valence-corrected chi connectivity index (χ2v) is 5.09. The summed E-state index contributed by atoms with van der Waals surface area (Å²) in [5, 5.41) is 3.02. The van der Waals surface area contributed by atoms with E-state index in [2.05, 4.69) is 19.2 Å². The molecule has 1 N–H and O–H groups in total. The van der Waals surface area contributed by atoms with Gasteiger partial charge in [-0.1, -0.05) is 26.7 Å². The second-order valence-electron chi connectivity index (χ2n) is 5.09. The van der Waals surface area contributed by atoms with Crippen LogP contribution < -0.4 is 5.32 Å². The zero-order valence-electron chi connectivity index (χ0n) is 11.7. The van der Waals surface area contributed by atoms with Gasteiger partial charge in [0.25, 0.3) is 0 Å². The first-order valence-corrected chi connectivity index (χ1v) is 7.24. The van der Waals surface area contributed by atoms with Crippen LogP contribution in [0.15, 0.2) is 0 Å². The maximum atomic E-state index is 11.9. The molecule has 1 atom stereocenters. The number of amides is 2. The highest BCUT2D eigenvalue weighted by Crippen LogP contribution is 2.10. The third-order valence-electron chi connectivity index (χ3n) is 3.50. The molecule has 0 aliphatic carbocycles. The van der Waals surface area contributed by atoms with Crippen LogP contribution in [0.25, 0.3) is 0 Å². The minimum Gasteiger partial charge on any atom is -0.352 e. The minimum atomic E-state index is -0.00875. The number of carbonyl (C=O) groups is 2. The zero-order chi connectivity index (χ0) is 13.4. The molecular formula is C14H28N2O2. The fourth-order valence-electron chi connectivity index (χ4n) is 2.38. The normalized spacial score (nSPS) is 18.3. The number of likely N-dealkylation sites (tertiary alicyclic amines) is 1. The maximum Gasteiger partial charge on any atom is 0.239 e. The summed E-state index contributed by atoms with van der Waals surface area (Å²) in [6.07, 6.45) is 6.71. The van der Waals surface area contributed by atoms with Gasteiger partial charge in [0.15, 0.2) is 0 Å². The van der Waals surface area contributed by atoms with Crippen LogP contribution >= 0.6 is 0 Å². The Morgan fingerprint density at radius 2 is 2.17 bits per heavy atom. The van der Waals surface area contributed by atoms with Crippen molar-refractivity contribution < 1.29 is 11.0 Å². The molecule has 106 valence electrons. The van der Waals surface area contributed by atoms with Crippen LogP contribution in [0.5, 0.6) is 0 Å². The average molecular weight is 256 g/mol. The molecule has 0 bridgehead atoms. The van der Waals surface area contributed by atoms with Gasteiger partial charge in [-0.25, -0.2) is 0 Å². The number of hydrogen-bond donors (Lipinski definition) is 1. The molecule has 1 saturated heterocycles. The summed E-state index contributed by atoms with van der Waals surface area (Å²) in [6.45, 7) is 5.17. The standard InChI is InChI=1S/C14H26N2O2.H2/c1-3-8-12(4-2)15-13(17)11-16-10-7-5-6-9-14(16)18;/h12H,3-11H2,1-2H3,(H,15,17);1H. The predicted molar refractivity (Wildman–Crippen MR) is 74.3 cm³/mol. The minimum absolute atomic E-state index is 0. The summed E-state index contributed by atoms with van der Waals surface area (Å²) in [5.41, 5.74) is 0. The summed E-state index contributed by atoms with van der Waals surface area (Å²) in [5.74, 6) is 0.122. The van der Waals surface area contributed by atoms with Gasteiger partial charge in [-0.05, 0) is 25.7 Å². The molecular weight excluding hydrogens is 228 g/mol. The fourth-order valence-corrected chi connectivity index (χ4v) is 2.38. The summed E-state index contributed by atoms with van der Waals surface area (Å²) < 4.78 is 0. The second kappa shape index (κ2) is 8.11. The van der Waals surface area contributed by atoms with Crippen molar-refractivity contribution in [3.63, 3.8) is 0 Å². The Kier molecular flexibility index (Phi) is 6.76. The summed E-state index contributed by atoms with van der Waals surface area (Å²) >= 11 is 0. The Balaban J connectivity index is 0.00000324. The van der Waals surface area contributed by atoms with Crippen molar-refractivity contribution in [2.45, 2.75) is 64.8 Å². The van der Waals surface area contributed by atoms with E-state index in [-0.39, 0.29) is 25.8 Å². The van der Waals surface area contributed by atoms with E-state index in [0.717, 1.165) is 45.1 Å². The van der Waals surface area contributed by atoms with Crippen LogP contribution in [-0.2, 0) is 9.59 Å². The van der Waals surface area contributed by atoms with Crippen molar-refractivity contribution in [3.05, 3.63) is 0 Å². The molecule has 0 saturated carbocycles. The van der Waals surface area contributed by atoms with E-state index >= 15 is 0 Å². The highest BCUT2D eigenvalue weighted by atomic mass is 16.2. The molecule has 4 heteroatoms. The molecule has 2 amide bonds. The number of hydrogen-bond acceptors (Lipinski definition) is 2. The van der Waals surface area contributed by atoms with Gasteiger partial charge in [-0.2, -0.15) is 0 Å². The first-order valence-electron chi connectivity index (χ1n) is 7.24. The van der Waals surface area contributed by atoms with Crippen molar-refractivity contribution >= 4 is 11.8 Å². The lowest BCUT2D eigenvalue weighted by Crippen LogP contribution is -2.43. The molecule has 4 nitrogen and oxygen atoms in total. The fraction of sp³-hybridized carbons (Fsp3) is 0.857. The van der Waals surface area contributed by atoms with E-state index in [1.807, 2.05) is 0 Å². The molecule has 18 heavy (non-hydrogen) atoms. The molecule has 0 radical (unpaired) electrons. The van der Waals surface area contributed by atoms with Crippen LogP contribution in [0.1, 0.15) is 60.2 Å². The van der Waals surface area contributed by atoms with E-state index in [9.17, 15) is 9.59 Å². The molecule has 1 rings (SSSR count). The van der Waals surface area contributed by atoms with E-state index in [0.29, 0.717) is 6.42 Å². The van der Waals surface area contributed by atoms with E-state index in [1.165, 1.54) is 0 Å². The average Bonchev–Trinajstić information content (AvgIpc) is 2.54. The highest BCUT2D eigenvalue weighted by molar-refractivity contribution is 5.85. The Labute approximate surface area is 112 Å². The van der Waals surface area contributed by atoms with Crippen molar-refractivity contribution in [2.75, 3.05) is 13.1 Å². The monoisotopic (exact) mass is 256 g/mol. The van der Waals surface area contributed by atoms with Gasteiger partial charge in [0.2, 0.25) is 11.8 Å². The van der Waals surface area contributed by atoms with Gasteiger partial charge in [0.05, 0.1) is 6.54 Å². The first-order chi connectivity index (χ1) is 8.67. The number of carbonyl (C=O) groups excluding carboxylic acids is 2. The molecule has 0 aromatic rings. The summed E-state index contributed by atoms with van der Waals surface area (Å²) in [6, 6.07) is 0.254. The largest absolute Gasteiger partial charge is 0.352 e. The van der Waals surface area contributed by atoms with Gasteiger partial charge in [0.1, 0.15) is 0 Å². The van der Waals surface area contributed by atoms with Crippen LogP contribution in [0.3, 0.4) is 0 Å². The molecule has 1 unspecified atom stereocenters. The van der Waals surface area contributed by atoms with Gasteiger partial charge in [-0.15, -0.1) is 0 Å². The zero-order valence-corrected chi connectivity index (χ0v) is 11.7. The molecule has 0 spiro atoms. The predicted octanol–water partition coefficient (Wildman–Crippen LogP) is 2.33. The van der Waals surface area contributed by atoms with Crippen molar-refractivity contribution in [3.8, 4) is 0 Å². The Morgan fingerprint density at radius 1 is 1.39 bits per heavy atom. The third kappa shape index (κ3) is 5.07. The number of rotatable bonds is 6. The smallest absolute Gasteiger partial charge is 0.239 e. The molecule has 0 aromatic heterocycles. The van der Waals surface area contributed by atoms with Crippen LogP contribution in [0, 0.1) is 0 Å². The van der Waals surface area contributed by atoms with Gasteiger partial charge >= 0.3 is 0 Å². The van der Waals surface area contributed by atoms with Crippen LogP contribution in [0.4, 0.5) is 0 Å². The van der Waals surface area contributed by atoms with E-state index in [4.69, 9.17) is 0 Å². The Morgan fingerprint density at radius 3 is 2.83 bits per heavy atom. The molecule has 1 heterocycles. The summed E-state index contributed by atoms with van der Waals surface area (Å²) in [7, 11) is 0. The molecule has 0 aromatic carbocycles. The molecule has 1 aliphatic rings. The van der Waals surface area contributed by atoms with E-state index < -0.39 is 0 Å². The SMILES string of the molecule is CCCC(CC)NC(=O)CN1CCCCCC1=O.[HH]. The van der Waals surface area contributed by atoms with Gasteiger partial charge in [-0.3, -0.25) is 9.59 Å². The highest BCUT2D eigenvalue weighted by Gasteiger charge is 2.20. The van der Waals surface area contributed by atoms with Crippen LogP contribution in [0.2, 0.25) is 0 Å². The molecule has 1 aliphatic heterocycles. The van der Waals surface area contributed by atoms with Crippen molar-refractivity contribution in [1.82, 2.24) is 10.2 Å². The maximum absolute atomic E-state index is 11.9. The lowest BCUT2D eigenvalue weighted by Gasteiger charge is -2.22. The number of nitrogens with zero attached hydrogens (tertiary/aromatic N) is 1. The quantitative estimate of drug-likeness (QED) is 0.793. The first kappa shape index (κ1) is 15.0. The third-order valence-corrected chi connectivity index (χ3v) is 3.50. The Bertz CT molecular complexity index is 285. The number of nitrogens with one attached hydrogen (secondary N) is 1. The van der Waals surface area contributed by atoms with Gasteiger partial charge < -0.3 is 10.2 Å².